The molecule has 6 heterocycles. The van der Waals surface area contributed by atoms with E-state index in [4.69, 9.17) is 95.2 Å². The summed E-state index contributed by atoms with van der Waals surface area (Å²) >= 11 is 0. The standard InChI is InChI=1S/C66H123N7O41P6.U/c1-43-55(79)57(81)47(32-74)111-63(43)99-22-10-4-7-13-25-102-117(88,89)105-28-16-19-96-37-66(38-97-20-17-29-106-118(90,91)103-26-14-8-5-11-23-100-64-44(2)56(80)58(82)48(33-75)112-64,39-98-21-18-30-107-119(92,93)104-27-15-9-6-12-24-101-65-53(72-45(3)77)60(84)59(83)49(34-76)113-65)40-109-120(94,95)108-35-50-46(114-116(86,87)52(78)36-115(68)85)31-51(110-50)73-42-71-54-61(67)69-41-70-62(54)73;/h41-44,46-51,53,55-60,63-65,74-76,79-84,115H,4-40H2,1-3H3,(H2,68,85)(H,72,77)(H,86,87)(H,88,89)(H,90,91)(H,92,93)(H,94,95)(H2,67,69,70);/p-1/t43?,44?,46?,47?,48?,49?,50-,51-,53?,55-,56-,57+,58+,59+,60-,63-,64-,65-,66?;/m1./s1/i/hD. The van der Waals surface area contributed by atoms with Gasteiger partial charge in [-0.3, -0.25) is 60.4 Å². The molecule has 24 atom stereocenters. The van der Waals surface area contributed by atoms with E-state index < -0.39 is 259 Å². The first-order chi connectivity index (χ1) is 57.4. The van der Waals surface area contributed by atoms with Crippen LogP contribution in [0.2, 0.25) is 1.41 Å². The smallest absolute Gasteiger partial charge is 0.472 e. The predicted octanol–water partition coefficient (Wildman–Crippen LogP) is 0.160. The van der Waals surface area contributed by atoms with Crippen molar-refractivity contribution in [1.29, 1.82) is 0 Å². The van der Waals surface area contributed by atoms with Crippen molar-refractivity contribution in [3.63, 3.8) is 0 Å². The number of aliphatic hydroxyl groups excluding tert-OH is 9. The summed E-state index contributed by atoms with van der Waals surface area (Å²) in [7, 11) is -28.2. The van der Waals surface area contributed by atoms with E-state index in [-0.39, 0.29) is 133 Å². The molecule has 702 valence electrons. The Hall–Kier alpha value is -1.44. The quantitative estimate of drug-likeness (QED) is 0.0310. The van der Waals surface area contributed by atoms with Crippen molar-refractivity contribution in [1.82, 2.24) is 24.8 Å². The number of nitrogens with two attached hydrogens (primary N) is 2. The number of rotatable bonds is 65. The number of fused-ring (bicyclic) bond motifs is 1. The number of unbranched alkanes of at least 4 members (excludes halogenated alkanes) is 9. The number of nitrogens with zero attached hydrogens (tertiary/aromatic N) is 4. The number of phosphoric ester groups is 4. The van der Waals surface area contributed by atoms with Crippen molar-refractivity contribution in [3.05, 3.63) is 12.7 Å². The van der Waals surface area contributed by atoms with E-state index in [2.05, 4.69) is 20.3 Å². The van der Waals surface area contributed by atoms with Gasteiger partial charge in [-0.25, -0.2) is 28.6 Å². The average molecular weight is 2090 g/mol. The van der Waals surface area contributed by atoms with Crippen LogP contribution in [0.15, 0.2) is 12.7 Å². The summed E-state index contributed by atoms with van der Waals surface area (Å²) in [5, 5.41) is 92.8. The van der Waals surface area contributed by atoms with E-state index in [0.717, 1.165) is 6.33 Å². The number of nitrogens with one attached hydrogen (secondary N) is 1. The van der Waals surface area contributed by atoms with Gasteiger partial charge in [0.25, 0.3) is 13.3 Å². The van der Waals surface area contributed by atoms with Crippen LogP contribution in [0.3, 0.4) is 0 Å². The van der Waals surface area contributed by atoms with Gasteiger partial charge >= 0.3 is 31.1 Å². The zero-order valence-corrected chi connectivity index (χ0v) is 77.2. The Morgan fingerprint density at radius 2 is 0.959 bits per heavy atom. The molecular formula is C66H122N7O41P6U-. The Kier molecular flexibility index (Phi) is 49.8. The number of nitrogen functional groups attached to an aromatic ring is 1. The van der Waals surface area contributed by atoms with Gasteiger partial charge in [0.15, 0.2) is 30.3 Å². The summed E-state index contributed by atoms with van der Waals surface area (Å²) in [6.07, 6.45) is -12.4. The van der Waals surface area contributed by atoms with Gasteiger partial charge in [-0.05, 0) is 57.8 Å². The van der Waals surface area contributed by atoms with Gasteiger partial charge in [-0.15, -0.1) is 0 Å². The second-order valence-electron chi connectivity index (χ2n) is 29.2. The van der Waals surface area contributed by atoms with Crippen LogP contribution in [0.5, 0.6) is 0 Å². The zero-order valence-electron chi connectivity index (χ0n) is 68.6. The molecule has 48 nitrogen and oxygen atoms in total. The van der Waals surface area contributed by atoms with Gasteiger partial charge in [0.2, 0.25) is 5.91 Å². The summed E-state index contributed by atoms with van der Waals surface area (Å²) in [4.78, 5) is 93.5. The van der Waals surface area contributed by atoms with E-state index in [0.29, 0.717) is 70.6 Å². The Balaban J connectivity index is 0.0000265. The molecule has 2 aromatic rings. The predicted molar refractivity (Wildman–Crippen MR) is 412 cm³/mol. The topological polar surface area (TPSA) is 706 Å². The van der Waals surface area contributed by atoms with Crippen molar-refractivity contribution < 1.29 is 228 Å². The number of carbonyl (C=O) groups excluding carboxylic acids is 2. The maximum Gasteiger partial charge on any atom is 0.472 e. The SMILES string of the molecule is [2H]N[PH](=O)CC(=O)P(=O)(O)OC1C[C@H](n2cnc3c(N)ncnc32)O[C@@H]1COP(=O)([O-])OCC(COCCCOP(=O)(O)OCCCCCCO[C@@H]1OC(CO)[C@H](O)[C@H](O)C1C)(COCCCOP(=O)(O)OCCCCCCO[C@@H]1OC(CO)[C@H](O)[C@H](O)C1C)COCCCOP(=O)(O)OCCCCCCO[C@@H]1OC(CO)[C@H](O)[C@H](O)C1NC(C)=O.[U]. The number of amides is 1. The maximum atomic E-state index is 14.1. The summed E-state index contributed by atoms with van der Waals surface area (Å²) in [5.74, 6) is -1.73. The van der Waals surface area contributed by atoms with Crippen LogP contribution in [-0.2, 0) is 125 Å². The third-order valence-corrected chi connectivity index (χ3v) is 25.6. The number of aliphatic hydroxyl groups is 9. The van der Waals surface area contributed by atoms with Gasteiger partial charge < -0.3 is 142 Å². The van der Waals surface area contributed by atoms with Gasteiger partial charge in [0.1, 0.15) is 88.4 Å². The molecule has 13 unspecified atom stereocenters. The number of hydrogen-bond donors (Lipinski definition) is 16. The molecule has 0 aromatic carbocycles. The van der Waals surface area contributed by atoms with Crippen molar-refractivity contribution in [2.45, 2.75) is 222 Å². The molecule has 18 N–H and O–H groups in total. The molecule has 4 saturated heterocycles. The molecule has 0 saturated carbocycles. The minimum absolute atomic E-state index is 0. The fourth-order valence-corrected chi connectivity index (χ4v) is 18.0. The number of phosphoric acid groups is 4. The van der Waals surface area contributed by atoms with E-state index in [1.54, 1.807) is 19.3 Å². The van der Waals surface area contributed by atoms with Gasteiger partial charge in [-0.2, -0.15) is 0 Å². The molecule has 4 aliphatic rings. The third kappa shape index (κ3) is 38.5. The molecule has 4 fully saturated rings. The number of ether oxygens (including phenoxy) is 10. The average Bonchev–Trinajstić information content (AvgIpc) is 1.61. The molecule has 0 bridgehead atoms. The molecular weight excluding hydrogens is 1970 g/mol. The number of imidazole rings is 1. The first-order valence-corrected chi connectivity index (χ1v) is 48.6. The summed E-state index contributed by atoms with van der Waals surface area (Å²) in [6, 6.07) is -1.13. The van der Waals surface area contributed by atoms with Crippen molar-refractivity contribution in [2.75, 3.05) is 144 Å². The van der Waals surface area contributed by atoms with Crippen molar-refractivity contribution >= 4 is 75.3 Å². The summed E-state index contributed by atoms with van der Waals surface area (Å²) in [5.41, 5.74) is 4.49. The molecule has 0 aliphatic carbocycles. The first-order valence-electron chi connectivity index (χ1n) is 39.9. The Morgan fingerprint density at radius 3 is 1.38 bits per heavy atom. The van der Waals surface area contributed by atoms with Crippen molar-refractivity contribution in [3.8, 4) is 0 Å². The molecule has 0 radical (unpaired) electrons. The van der Waals surface area contributed by atoms with Crippen LogP contribution >= 0.6 is 46.8 Å². The third-order valence-electron chi connectivity index (χ3n) is 19.3. The van der Waals surface area contributed by atoms with Crippen LogP contribution in [0.4, 0.5) is 5.82 Å². The molecule has 121 heavy (non-hydrogen) atoms. The number of aromatic nitrogens is 4. The summed E-state index contributed by atoms with van der Waals surface area (Å²) < 4.78 is 192. The van der Waals surface area contributed by atoms with Crippen LogP contribution in [0.25, 0.3) is 11.2 Å². The molecule has 1 amide bonds. The fourth-order valence-electron chi connectivity index (χ4n) is 12.6. The second-order valence-corrected chi connectivity index (χ2v) is 37.9. The molecule has 0 spiro atoms. The normalized spacial score (nSPS) is 29.3. The first kappa shape index (κ1) is 108. The molecule has 2 aromatic heterocycles. The zero-order chi connectivity index (χ0) is 89.0. The van der Waals surface area contributed by atoms with Gasteiger partial charge in [0.05, 0.1) is 123 Å². The molecule has 55 heteroatoms. The van der Waals surface area contributed by atoms with E-state index in [1.165, 1.54) is 17.8 Å². The minimum atomic E-state index is -5.66. The monoisotopic (exact) mass is 2090 g/mol. The maximum absolute atomic E-state index is 14.1. The van der Waals surface area contributed by atoms with E-state index in [1.807, 2.05) is 0 Å². The Labute approximate surface area is 725 Å². The number of anilines is 1. The van der Waals surface area contributed by atoms with Crippen LogP contribution < -0.4 is 21.4 Å². The van der Waals surface area contributed by atoms with E-state index >= 15 is 0 Å². The summed E-state index contributed by atoms with van der Waals surface area (Å²) in [6.45, 7) is -3.01. The van der Waals surface area contributed by atoms with Gasteiger partial charge in [0, 0.05) is 95.9 Å². The minimum Gasteiger partial charge on any atom is -0.756 e. The fraction of sp³-hybridized carbons (Fsp3) is 0.894. The largest absolute Gasteiger partial charge is 0.756 e. The molecule has 4 aliphatic heterocycles. The van der Waals surface area contributed by atoms with Crippen LogP contribution in [0, 0.1) is 48.4 Å². The Morgan fingerprint density at radius 1 is 0.554 bits per heavy atom. The number of hydrogen-bond acceptors (Lipinski definition) is 41. The molecule has 6 rings (SSSR count). The van der Waals surface area contributed by atoms with Gasteiger partial charge in [-0.1, -0.05) is 52.4 Å². The van der Waals surface area contributed by atoms with E-state index in [9.17, 15) is 107 Å². The van der Waals surface area contributed by atoms with Crippen LogP contribution in [-0.4, -0.2) is 327 Å². The second kappa shape index (κ2) is 55.7. The van der Waals surface area contributed by atoms with Crippen LogP contribution in [0.1, 0.15) is 130 Å². The number of carbonyl (C=O) groups is 2. The van der Waals surface area contributed by atoms with Crippen molar-refractivity contribution in [2.24, 2.45) is 22.7 Å². The Bertz CT molecular complexity index is 3540.